The van der Waals surface area contributed by atoms with Gasteiger partial charge in [0.1, 0.15) is 17.1 Å². The molecule has 0 aliphatic rings. The van der Waals surface area contributed by atoms with Crippen LogP contribution in [-0.4, -0.2) is 32.5 Å². The van der Waals surface area contributed by atoms with Gasteiger partial charge in [-0.2, -0.15) is 0 Å². The molecule has 0 spiro atoms. The van der Waals surface area contributed by atoms with Crippen LogP contribution < -0.4 is 21.8 Å². The Bertz CT molecular complexity index is 1400. The molecule has 0 atom stereocenters. The topological polar surface area (TPSA) is 139 Å². The van der Waals surface area contributed by atoms with E-state index in [1.165, 1.54) is 10.8 Å². The molecule has 1 amide bonds. The summed E-state index contributed by atoms with van der Waals surface area (Å²) in [5, 5.41) is 0.176. The van der Waals surface area contributed by atoms with E-state index >= 15 is 0 Å². The van der Waals surface area contributed by atoms with Gasteiger partial charge in [-0.15, -0.1) is 0 Å². The Morgan fingerprint density at radius 1 is 1.13 bits per heavy atom. The van der Waals surface area contributed by atoms with Crippen LogP contribution in [0.3, 0.4) is 0 Å². The van der Waals surface area contributed by atoms with Crippen molar-refractivity contribution in [1.82, 2.24) is 19.5 Å². The third-order valence-electron chi connectivity index (χ3n) is 5.15. The van der Waals surface area contributed by atoms with Crippen LogP contribution in [0.1, 0.15) is 21.5 Å². The van der Waals surface area contributed by atoms with Crippen molar-refractivity contribution in [2.45, 2.75) is 13.8 Å². The van der Waals surface area contributed by atoms with Crippen LogP contribution >= 0.6 is 0 Å². The number of amides is 1. The molecule has 156 valence electrons. The standard InChI is InChI=1S/C22H20N6O3/c1-11-5-6-15(31-3)12(2)18(11)28-19(23)16(20(24)29)17-14(22(28)30)9-13(10-27-17)21-25-7-4-8-26-21/h4-10H,23H2,1-3H3,(H2,24,29). The summed E-state index contributed by atoms with van der Waals surface area (Å²) in [5.41, 5.74) is 14.1. The Balaban J connectivity index is 2.15. The molecule has 4 N–H and O–H groups in total. The van der Waals surface area contributed by atoms with Crippen LogP contribution in [0, 0.1) is 13.8 Å². The summed E-state index contributed by atoms with van der Waals surface area (Å²) in [7, 11) is 1.54. The first-order chi connectivity index (χ1) is 14.8. The smallest absolute Gasteiger partial charge is 0.266 e. The molecule has 0 radical (unpaired) electrons. The number of aryl methyl sites for hydroxylation is 1. The summed E-state index contributed by atoms with van der Waals surface area (Å²) in [6.07, 6.45) is 4.66. The Kier molecular flexibility index (Phi) is 4.86. The number of methoxy groups -OCH3 is 1. The number of benzene rings is 1. The summed E-state index contributed by atoms with van der Waals surface area (Å²) in [6, 6.07) is 6.89. The number of carbonyl (C=O) groups excluding carboxylic acids is 1. The molecule has 0 fully saturated rings. The molecule has 0 saturated heterocycles. The molecule has 0 aliphatic heterocycles. The van der Waals surface area contributed by atoms with Gasteiger partial charge >= 0.3 is 0 Å². The second kappa shape index (κ2) is 7.52. The van der Waals surface area contributed by atoms with Crippen LogP contribution in [0.4, 0.5) is 5.82 Å². The second-order valence-corrected chi connectivity index (χ2v) is 7.02. The number of primary amides is 1. The highest BCUT2D eigenvalue weighted by Gasteiger charge is 2.23. The second-order valence-electron chi connectivity index (χ2n) is 7.02. The maximum atomic E-state index is 13.6. The van der Waals surface area contributed by atoms with Gasteiger partial charge in [-0.25, -0.2) is 9.97 Å². The van der Waals surface area contributed by atoms with Gasteiger partial charge in [-0.05, 0) is 37.6 Å². The fourth-order valence-electron chi connectivity index (χ4n) is 3.71. The monoisotopic (exact) mass is 416 g/mol. The average molecular weight is 416 g/mol. The van der Waals surface area contributed by atoms with Crippen LogP contribution in [0.5, 0.6) is 5.75 Å². The van der Waals surface area contributed by atoms with Gasteiger partial charge in [0.25, 0.3) is 11.5 Å². The van der Waals surface area contributed by atoms with E-state index in [1.54, 1.807) is 37.7 Å². The molecular formula is C22H20N6O3. The Labute approximate surface area is 177 Å². The first-order valence-electron chi connectivity index (χ1n) is 9.41. The number of aromatic nitrogens is 4. The zero-order valence-electron chi connectivity index (χ0n) is 17.2. The highest BCUT2D eigenvalue weighted by molar-refractivity contribution is 6.09. The zero-order valence-corrected chi connectivity index (χ0v) is 17.2. The molecule has 9 heteroatoms. The molecule has 31 heavy (non-hydrogen) atoms. The van der Waals surface area contributed by atoms with Gasteiger partial charge in [-0.1, -0.05) is 6.07 Å². The predicted octanol–water partition coefficient (Wildman–Crippen LogP) is 2.15. The molecule has 3 heterocycles. The number of anilines is 1. The van der Waals surface area contributed by atoms with E-state index in [0.717, 1.165) is 5.56 Å². The van der Waals surface area contributed by atoms with E-state index in [-0.39, 0.29) is 22.3 Å². The lowest BCUT2D eigenvalue weighted by atomic mass is 10.0. The largest absolute Gasteiger partial charge is 0.496 e. The maximum absolute atomic E-state index is 13.6. The normalized spacial score (nSPS) is 10.9. The van der Waals surface area contributed by atoms with E-state index in [9.17, 15) is 9.59 Å². The van der Waals surface area contributed by atoms with Crippen molar-refractivity contribution in [3.63, 3.8) is 0 Å². The van der Waals surface area contributed by atoms with Crippen LogP contribution in [0.15, 0.2) is 47.7 Å². The Morgan fingerprint density at radius 2 is 1.84 bits per heavy atom. The van der Waals surface area contributed by atoms with E-state index in [4.69, 9.17) is 16.2 Å². The van der Waals surface area contributed by atoms with Gasteiger partial charge in [0, 0.05) is 29.7 Å². The van der Waals surface area contributed by atoms with Crippen molar-refractivity contribution in [2.75, 3.05) is 12.8 Å². The van der Waals surface area contributed by atoms with Crippen molar-refractivity contribution >= 4 is 22.6 Å². The van der Waals surface area contributed by atoms with Gasteiger partial charge in [0.15, 0.2) is 5.82 Å². The number of pyridine rings is 2. The van der Waals surface area contributed by atoms with E-state index < -0.39 is 11.5 Å². The molecule has 3 aromatic heterocycles. The van der Waals surface area contributed by atoms with Crippen molar-refractivity contribution in [2.24, 2.45) is 5.73 Å². The minimum Gasteiger partial charge on any atom is -0.496 e. The van der Waals surface area contributed by atoms with Crippen molar-refractivity contribution in [1.29, 1.82) is 0 Å². The average Bonchev–Trinajstić information content (AvgIpc) is 2.76. The quantitative estimate of drug-likeness (QED) is 0.519. The lowest BCUT2D eigenvalue weighted by molar-refractivity contribution is 0.100. The van der Waals surface area contributed by atoms with Gasteiger partial charge in [0.2, 0.25) is 0 Å². The third kappa shape index (κ3) is 3.16. The predicted molar refractivity (Wildman–Crippen MR) is 117 cm³/mol. The van der Waals surface area contributed by atoms with Crippen molar-refractivity contribution in [3.05, 3.63) is 69.9 Å². The highest BCUT2D eigenvalue weighted by atomic mass is 16.5. The van der Waals surface area contributed by atoms with E-state index in [1.807, 2.05) is 19.9 Å². The van der Waals surface area contributed by atoms with Crippen LogP contribution in [0.25, 0.3) is 28.0 Å². The van der Waals surface area contributed by atoms with E-state index in [2.05, 4.69) is 15.0 Å². The number of fused-ring (bicyclic) bond motifs is 1. The van der Waals surface area contributed by atoms with E-state index in [0.29, 0.717) is 28.4 Å². The minimum absolute atomic E-state index is 0.0308. The number of carbonyl (C=O) groups is 1. The van der Waals surface area contributed by atoms with Crippen molar-refractivity contribution < 1.29 is 9.53 Å². The summed E-state index contributed by atoms with van der Waals surface area (Å²) in [6.45, 7) is 3.65. The first-order valence-corrected chi connectivity index (χ1v) is 9.41. The van der Waals surface area contributed by atoms with Crippen LogP contribution in [-0.2, 0) is 0 Å². The molecule has 9 nitrogen and oxygen atoms in total. The van der Waals surface area contributed by atoms with Gasteiger partial charge < -0.3 is 16.2 Å². The number of ether oxygens (including phenoxy) is 1. The Morgan fingerprint density at radius 3 is 2.48 bits per heavy atom. The number of nitrogens with zero attached hydrogens (tertiary/aromatic N) is 4. The lowest BCUT2D eigenvalue weighted by Gasteiger charge is -2.20. The molecule has 0 unspecified atom stereocenters. The number of hydrogen-bond donors (Lipinski definition) is 2. The fourth-order valence-corrected chi connectivity index (χ4v) is 3.71. The molecule has 0 saturated carbocycles. The van der Waals surface area contributed by atoms with Gasteiger partial charge in [-0.3, -0.25) is 19.1 Å². The number of nitrogen functional groups attached to an aromatic ring is 1. The molecule has 0 bridgehead atoms. The molecule has 4 aromatic rings. The van der Waals surface area contributed by atoms with Gasteiger partial charge in [0.05, 0.1) is 23.7 Å². The number of rotatable bonds is 4. The first kappa shape index (κ1) is 20.0. The third-order valence-corrected chi connectivity index (χ3v) is 5.15. The number of hydrogen-bond acceptors (Lipinski definition) is 7. The SMILES string of the molecule is COc1ccc(C)c(-n2c(N)c(C(N)=O)c3ncc(-c4ncccn4)cc3c2=O)c1C. The summed E-state index contributed by atoms with van der Waals surface area (Å²) in [4.78, 5) is 38.7. The van der Waals surface area contributed by atoms with Crippen molar-refractivity contribution in [3.8, 4) is 22.8 Å². The molecule has 0 aliphatic carbocycles. The molecule has 4 rings (SSSR count). The lowest BCUT2D eigenvalue weighted by Crippen LogP contribution is -2.28. The summed E-state index contributed by atoms with van der Waals surface area (Å²) < 4.78 is 6.69. The Hall–Kier alpha value is -4.27. The molecule has 1 aromatic carbocycles. The maximum Gasteiger partial charge on any atom is 0.266 e. The molecular weight excluding hydrogens is 396 g/mol. The zero-order chi connectivity index (χ0) is 22.3. The summed E-state index contributed by atoms with van der Waals surface area (Å²) >= 11 is 0. The number of nitrogens with two attached hydrogens (primary N) is 2. The fraction of sp³-hybridized carbons (Fsp3) is 0.136. The summed E-state index contributed by atoms with van der Waals surface area (Å²) in [5.74, 6) is 0.109. The minimum atomic E-state index is -0.786. The highest BCUT2D eigenvalue weighted by Crippen LogP contribution is 2.31. The van der Waals surface area contributed by atoms with Crippen LogP contribution in [0.2, 0.25) is 0 Å².